The van der Waals surface area contributed by atoms with Crippen LogP contribution in [0.15, 0.2) is 24.3 Å². The summed E-state index contributed by atoms with van der Waals surface area (Å²) < 4.78 is 25.1. The normalized spacial score (nSPS) is 21.2. The van der Waals surface area contributed by atoms with Crippen molar-refractivity contribution in [1.82, 2.24) is 4.98 Å². The minimum Gasteiger partial charge on any atom is -0.398 e. The maximum absolute atomic E-state index is 13.2. The summed E-state index contributed by atoms with van der Waals surface area (Å²) in [6.45, 7) is 8.04. The summed E-state index contributed by atoms with van der Waals surface area (Å²) in [6.07, 6.45) is 0. The highest BCUT2D eigenvalue weighted by molar-refractivity contribution is 6.61. The average Bonchev–Trinajstić information content (AvgIpc) is 2.78. The highest BCUT2D eigenvalue weighted by Gasteiger charge is 2.52. The van der Waals surface area contributed by atoms with Gasteiger partial charge in [-0.05, 0) is 52.0 Å². The second-order valence-corrected chi connectivity index (χ2v) is 6.04. The van der Waals surface area contributed by atoms with E-state index in [1.165, 1.54) is 12.1 Å². The maximum atomic E-state index is 13.2. The van der Waals surface area contributed by atoms with Crippen molar-refractivity contribution in [3.05, 3.63) is 30.1 Å². The molecule has 0 spiro atoms. The zero-order chi connectivity index (χ0) is 13.8. The average molecular weight is 261 g/mol. The fourth-order valence-corrected chi connectivity index (χ4v) is 2.22. The van der Waals surface area contributed by atoms with Crippen LogP contribution >= 0.6 is 0 Å². The molecule has 1 aromatic carbocycles. The summed E-state index contributed by atoms with van der Waals surface area (Å²) >= 11 is 0. The van der Waals surface area contributed by atoms with Crippen molar-refractivity contribution in [3.8, 4) is 0 Å². The van der Waals surface area contributed by atoms with Gasteiger partial charge in [0.05, 0.1) is 11.2 Å². The van der Waals surface area contributed by atoms with Crippen molar-refractivity contribution in [2.24, 2.45) is 0 Å². The Morgan fingerprint density at radius 2 is 1.68 bits per heavy atom. The molecule has 2 heterocycles. The third-order valence-corrected chi connectivity index (χ3v) is 4.11. The van der Waals surface area contributed by atoms with Gasteiger partial charge in [0, 0.05) is 16.5 Å². The predicted molar refractivity (Wildman–Crippen MR) is 74.0 cm³/mol. The van der Waals surface area contributed by atoms with E-state index in [0.29, 0.717) is 0 Å². The Bertz CT molecular complexity index is 619. The van der Waals surface area contributed by atoms with Gasteiger partial charge in [-0.1, -0.05) is 0 Å². The van der Waals surface area contributed by atoms with Crippen LogP contribution in [0, 0.1) is 5.82 Å². The van der Waals surface area contributed by atoms with Crippen LogP contribution < -0.4 is 5.59 Å². The van der Waals surface area contributed by atoms with Gasteiger partial charge in [-0.2, -0.15) is 0 Å². The van der Waals surface area contributed by atoms with Gasteiger partial charge in [0.2, 0.25) is 0 Å². The molecule has 1 aliphatic heterocycles. The van der Waals surface area contributed by atoms with Gasteiger partial charge in [0.1, 0.15) is 5.82 Å². The van der Waals surface area contributed by atoms with Gasteiger partial charge < -0.3 is 14.3 Å². The second-order valence-electron chi connectivity index (χ2n) is 6.04. The Morgan fingerprint density at radius 3 is 2.32 bits per heavy atom. The largest absolute Gasteiger partial charge is 0.512 e. The van der Waals surface area contributed by atoms with E-state index in [2.05, 4.69) is 4.98 Å². The first kappa shape index (κ1) is 12.7. The molecule has 1 aromatic heterocycles. The fraction of sp³-hybridized carbons (Fsp3) is 0.429. The van der Waals surface area contributed by atoms with Gasteiger partial charge in [0.15, 0.2) is 0 Å². The highest BCUT2D eigenvalue weighted by Crippen LogP contribution is 2.36. The van der Waals surface area contributed by atoms with E-state index in [1.807, 2.05) is 33.8 Å². The molecule has 1 N–H and O–H groups in total. The molecule has 0 unspecified atom stereocenters. The number of H-pyrrole nitrogens is 1. The Morgan fingerprint density at radius 1 is 1.05 bits per heavy atom. The molecule has 3 rings (SSSR count). The smallest absolute Gasteiger partial charge is 0.398 e. The lowest BCUT2D eigenvalue weighted by atomic mass is 9.85. The minimum atomic E-state index is -0.444. The zero-order valence-corrected chi connectivity index (χ0v) is 11.6. The summed E-state index contributed by atoms with van der Waals surface area (Å²) in [6, 6.07) is 6.54. The number of nitrogens with one attached hydrogen (secondary N) is 1. The molecule has 19 heavy (non-hydrogen) atoms. The third-order valence-electron chi connectivity index (χ3n) is 4.11. The summed E-state index contributed by atoms with van der Waals surface area (Å²) in [5.41, 5.74) is 0.950. The number of hydrogen-bond acceptors (Lipinski definition) is 2. The SMILES string of the molecule is CC1(C)OB(c2cc3cc(F)ccc3[nH]2)OC1(C)C. The summed E-state index contributed by atoms with van der Waals surface area (Å²) in [5, 5.41) is 0.824. The van der Waals surface area contributed by atoms with Crippen molar-refractivity contribution in [1.29, 1.82) is 0 Å². The number of halogens is 1. The second kappa shape index (κ2) is 3.84. The molecule has 0 aliphatic carbocycles. The quantitative estimate of drug-likeness (QED) is 0.800. The Hall–Kier alpha value is -1.33. The molecular formula is C14H17BFNO2. The minimum absolute atomic E-state index is 0.244. The van der Waals surface area contributed by atoms with Crippen LogP contribution in [0.3, 0.4) is 0 Å². The standard InChI is InChI=1S/C14H17BFNO2/c1-13(2)14(3,4)19-15(18-13)12-8-9-7-10(16)5-6-11(9)17-12/h5-8,17H,1-4H3. The first-order chi connectivity index (χ1) is 8.78. The number of benzene rings is 1. The van der Waals surface area contributed by atoms with Crippen LogP contribution in [0.4, 0.5) is 4.39 Å². The highest BCUT2D eigenvalue weighted by atomic mass is 19.1. The lowest BCUT2D eigenvalue weighted by molar-refractivity contribution is 0.00578. The topological polar surface area (TPSA) is 34.2 Å². The Labute approximate surface area is 112 Å². The van der Waals surface area contributed by atoms with Crippen LogP contribution in [0.2, 0.25) is 0 Å². The molecule has 100 valence electrons. The molecule has 2 aromatic rings. The van der Waals surface area contributed by atoms with Gasteiger partial charge in [0.25, 0.3) is 0 Å². The van der Waals surface area contributed by atoms with Gasteiger partial charge >= 0.3 is 7.12 Å². The van der Waals surface area contributed by atoms with Crippen LogP contribution in [0.25, 0.3) is 10.9 Å². The predicted octanol–water partition coefficient (Wildman–Crippen LogP) is 2.61. The molecule has 3 nitrogen and oxygen atoms in total. The molecule has 1 saturated heterocycles. The monoisotopic (exact) mass is 261 g/mol. The van der Waals surface area contributed by atoms with E-state index < -0.39 is 7.12 Å². The van der Waals surface area contributed by atoms with Crippen LogP contribution in [0.5, 0.6) is 0 Å². The molecule has 0 atom stereocenters. The molecule has 0 bridgehead atoms. The lowest BCUT2D eigenvalue weighted by Crippen LogP contribution is -2.41. The van der Waals surface area contributed by atoms with Crippen molar-refractivity contribution in [2.75, 3.05) is 0 Å². The number of aromatic amines is 1. The molecule has 5 heteroatoms. The van der Waals surface area contributed by atoms with Crippen molar-refractivity contribution < 1.29 is 13.7 Å². The van der Waals surface area contributed by atoms with Gasteiger partial charge in [-0.3, -0.25) is 0 Å². The fourth-order valence-electron chi connectivity index (χ4n) is 2.22. The Kier molecular flexibility index (Phi) is 2.56. The summed E-state index contributed by atoms with van der Waals surface area (Å²) in [7, 11) is -0.444. The van der Waals surface area contributed by atoms with Crippen molar-refractivity contribution in [2.45, 2.75) is 38.9 Å². The van der Waals surface area contributed by atoms with E-state index in [9.17, 15) is 4.39 Å². The first-order valence-corrected chi connectivity index (χ1v) is 6.42. The van der Waals surface area contributed by atoms with E-state index in [0.717, 1.165) is 16.5 Å². The van der Waals surface area contributed by atoms with Crippen molar-refractivity contribution >= 4 is 23.6 Å². The molecular weight excluding hydrogens is 244 g/mol. The molecule has 0 amide bonds. The number of fused-ring (bicyclic) bond motifs is 1. The number of rotatable bonds is 1. The van der Waals surface area contributed by atoms with E-state index in [1.54, 1.807) is 6.07 Å². The maximum Gasteiger partial charge on any atom is 0.512 e. The molecule has 1 aliphatic rings. The lowest BCUT2D eigenvalue weighted by Gasteiger charge is -2.32. The van der Waals surface area contributed by atoms with E-state index >= 15 is 0 Å². The number of hydrogen-bond donors (Lipinski definition) is 1. The van der Waals surface area contributed by atoms with Crippen LogP contribution in [-0.2, 0) is 9.31 Å². The van der Waals surface area contributed by atoms with E-state index in [4.69, 9.17) is 9.31 Å². The van der Waals surface area contributed by atoms with Crippen molar-refractivity contribution in [3.63, 3.8) is 0 Å². The number of aromatic nitrogens is 1. The Balaban J connectivity index is 1.98. The summed E-state index contributed by atoms with van der Waals surface area (Å²) in [5.74, 6) is -0.244. The summed E-state index contributed by atoms with van der Waals surface area (Å²) in [4.78, 5) is 3.22. The molecule has 0 saturated carbocycles. The van der Waals surface area contributed by atoms with Crippen LogP contribution in [0.1, 0.15) is 27.7 Å². The van der Waals surface area contributed by atoms with E-state index in [-0.39, 0.29) is 17.0 Å². The van der Waals surface area contributed by atoms with Crippen LogP contribution in [-0.4, -0.2) is 23.3 Å². The molecule has 1 fully saturated rings. The third kappa shape index (κ3) is 1.97. The zero-order valence-electron chi connectivity index (χ0n) is 11.6. The van der Waals surface area contributed by atoms with Gasteiger partial charge in [-0.15, -0.1) is 0 Å². The van der Waals surface area contributed by atoms with Gasteiger partial charge in [-0.25, -0.2) is 4.39 Å². The molecule has 0 radical (unpaired) electrons. The first-order valence-electron chi connectivity index (χ1n) is 6.42.